The number of nitrogens with zero attached hydrogens (tertiary/aromatic N) is 1. The summed E-state index contributed by atoms with van der Waals surface area (Å²) in [6.45, 7) is 4.90. The van der Waals surface area contributed by atoms with Crippen LogP contribution in [0.3, 0.4) is 0 Å². The zero-order chi connectivity index (χ0) is 11.7. The summed E-state index contributed by atoms with van der Waals surface area (Å²) in [5.41, 5.74) is 0. The third-order valence-electron chi connectivity index (χ3n) is 3.97. The van der Waals surface area contributed by atoms with Gasteiger partial charge in [-0.25, -0.2) is 0 Å². The Balaban J connectivity index is 1.83. The lowest BCUT2D eigenvalue weighted by molar-refractivity contribution is -0.133. The van der Waals surface area contributed by atoms with Crippen molar-refractivity contribution >= 4 is 5.91 Å². The molecule has 2 aliphatic rings. The standard InChI is InChI=1S/C13H24N2O/c1-9(2)13(16)15(3)8-10-6-11-4-5-12(7-10)14-11/h9-12,14H,4-8H2,1-3H3. The molecule has 3 nitrogen and oxygen atoms in total. The van der Waals surface area contributed by atoms with Crippen LogP contribution in [0, 0.1) is 11.8 Å². The predicted molar refractivity (Wildman–Crippen MR) is 65.1 cm³/mol. The van der Waals surface area contributed by atoms with Crippen molar-refractivity contribution in [3.05, 3.63) is 0 Å². The molecule has 2 bridgehead atoms. The van der Waals surface area contributed by atoms with E-state index in [1.165, 1.54) is 25.7 Å². The maximum absolute atomic E-state index is 11.8. The number of amides is 1. The van der Waals surface area contributed by atoms with Gasteiger partial charge in [-0.1, -0.05) is 13.8 Å². The third kappa shape index (κ3) is 2.57. The summed E-state index contributed by atoms with van der Waals surface area (Å²) in [5, 5.41) is 3.64. The number of fused-ring (bicyclic) bond motifs is 2. The normalized spacial score (nSPS) is 33.1. The summed E-state index contributed by atoms with van der Waals surface area (Å²) in [4.78, 5) is 13.7. The highest BCUT2D eigenvalue weighted by atomic mass is 16.2. The molecule has 2 unspecified atom stereocenters. The largest absolute Gasteiger partial charge is 0.345 e. The SMILES string of the molecule is CC(C)C(=O)N(C)CC1CC2CCC(C1)N2. The van der Waals surface area contributed by atoms with Gasteiger partial charge in [0.1, 0.15) is 0 Å². The molecule has 2 rings (SSSR count). The quantitative estimate of drug-likeness (QED) is 0.790. The molecule has 0 saturated carbocycles. The smallest absolute Gasteiger partial charge is 0.224 e. The number of piperidine rings is 1. The van der Waals surface area contributed by atoms with Gasteiger partial charge in [-0.3, -0.25) is 4.79 Å². The molecular weight excluding hydrogens is 200 g/mol. The van der Waals surface area contributed by atoms with Gasteiger partial charge in [-0.15, -0.1) is 0 Å². The second-order valence-corrected chi connectivity index (χ2v) is 5.85. The van der Waals surface area contributed by atoms with Crippen molar-refractivity contribution in [1.29, 1.82) is 0 Å². The lowest BCUT2D eigenvalue weighted by Crippen LogP contribution is -2.43. The van der Waals surface area contributed by atoms with Crippen molar-refractivity contribution in [2.75, 3.05) is 13.6 Å². The van der Waals surface area contributed by atoms with Gasteiger partial charge in [0.15, 0.2) is 0 Å². The molecule has 0 aromatic rings. The van der Waals surface area contributed by atoms with Crippen molar-refractivity contribution in [2.45, 2.75) is 51.6 Å². The molecule has 1 N–H and O–H groups in total. The minimum atomic E-state index is 0.128. The van der Waals surface area contributed by atoms with Crippen LogP contribution in [0.25, 0.3) is 0 Å². The van der Waals surface area contributed by atoms with Gasteiger partial charge >= 0.3 is 0 Å². The number of rotatable bonds is 3. The minimum Gasteiger partial charge on any atom is -0.345 e. The van der Waals surface area contributed by atoms with E-state index in [-0.39, 0.29) is 11.8 Å². The molecule has 0 aromatic heterocycles. The minimum absolute atomic E-state index is 0.128. The van der Waals surface area contributed by atoms with Crippen LogP contribution in [-0.4, -0.2) is 36.5 Å². The predicted octanol–water partition coefficient (Wildman–Crippen LogP) is 1.63. The molecule has 2 fully saturated rings. The molecule has 16 heavy (non-hydrogen) atoms. The Morgan fingerprint density at radius 1 is 1.31 bits per heavy atom. The van der Waals surface area contributed by atoms with Crippen LogP contribution in [0.1, 0.15) is 39.5 Å². The van der Waals surface area contributed by atoms with Crippen LogP contribution in [0.4, 0.5) is 0 Å². The summed E-state index contributed by atoms with van der Waals surface area (Å²) >= 11 is 0. The van der Waals surface area contributed by atoms with E-state index in [0.29, 0.717) is 5.92 Å². The number of carbonyl (C=O) groups is 1. The number of nitrogens with one attached hydrogen (secondary N) is 1. The van der Waals surface area contributed by atoms with Crippen LogP contribution in [0.15, 0.2) is 0 Å². The first-order valence-corrected chi connectivity index (χ1v) is 6.57. The molecule has 3 heteroatoms. The van der Waals surface area contributed by atoms with E-state index in [9.17, 15) is 4.79 Å². The topological polar surface area (TPSA) is 32.3 Å². The van der Waals surface area contributed by atoms with Gasteiger partial charge in [0, 0.05) is 31.6 Å². The van der Waals surface area contributed by atoms with Gasteiger partial charge < -0.3 is 10.2 Å². The summed E-state index contributed by atoms with van der Waals surface area (Å²) in [6, 6.07) is 1.46. The Bertz CT molecular complexity index is 253. The summed E-state index contributed by atoms with van der Waals surface area (Å²) in [6.07, 6.45) is 5.18. The molecule has 1 amide bonds. The van der Waals surface area contributed by atoms with E-state index in [1.54, 1.807) is 0 Å². The Morgan fingerprint density at radius 3 is 2.38 bits per heavy atom. The number of hydrogen-bond donors (Lipinski definition) is 1. The zero-order valence-electron chi connectivity index (χ0n) is 10.7. The monoisotopic (exact) mass is 224 g/mol. The van der Waals surface area contributed by atoms with Crippen LogP contribution in [-0.2, 0) is 4.79 Å². The average molecular weight is 224 g/mol. The van der Waals surface area contributed by atoms with Crippen LogP contribution in [0.5, 0.6) is 0 Å². The van der Waals surface area contributed by atoms with E-state index >= 15 is 0 Å². The van der Waals surface area contributed by atoms with Crippen LogP contribution in [0.2, 0.25) is 0 Å². The maximum atomic E-state index is 11.8. The van der Waals surface area contributed by atoms with Crippen LogP contribution >= 0.6 is 0 Å². The van der Waals surface area contributed by atoms with Gasteiger partial charge in [0.2, 0.25) is 5.91 Å². The van der Waals surface area contributed by atoms with Crippen molar-refractivity contribution in [3.63, 3.8) is 0 Å². The number of carbonyl (C=O) groups excluding carboxylic acids is 1. The summed E-state index contributed by atoms with van der Waals surface area (Å²) in [5.74, 6) is 1.13. The lowest BCUT2D eigenvalue weighted by atomic mass is 9.92. The summed E-state index contributed by atoms with van der Waals surface area (Å²) in [7, 11) is 1.95. The first-order valence-electron chi connectivity index (χ1n) is 6.57. The highest BCUT2D eigenvalue weighted by Gasteiger charge is 2.34. The van der Waals surface area contributed by atoms with E-state index < -0.39 is 0 Å². The molecule has 2 aliphatic heterocycles. The molecule has 0 aliphatic carbocycles. The maximum Gasteiger partial charge on any atom is 0.224 e. The third-order valence-corrected chi connectivity index (χ3v) is 3.97. The van der Waals surface area contributed by atoms with Gasteiger partial charge in [-0.05, 0) is 31.6 Å². The zero-order valence-corrected chi connectivity index (χ0v) is 10.7. The van der Waals surface area contributed by atoms with E-state index in [1.807, 2.05) is 25.8 Å². The lowest BCUT2D eigenvalue weighted by Gasteiger charge is -2.32. The fourth-order valence-corrected chi connectivity index (χ4v) is 3.24. The Morgan fingerprint density at radius 2 is 1.88 bits per heavy atom. The first kappa shape index (κ1) is 11.9. The average Bonchev–Trinajstić information content (AvgIpc) is 2.56. The Kier molecular flexibility index (Phi) is 3.53. The van der Waals surface area contributed by atoms with Gasteiger partial charge in [0.05, 0.1) is 0 Å². The van der Waals surface area contributed by atoms with Crippen molar-refractivity contribution < 1.29 is 4.79 Å². The Hall–Kier alpha value is -0.570. The second-order valence-electron chi connectivity index (χ2n) is 5.85. The van der Waals surface area contributed by atoms with E-state index in [0.717, 1.165) is 18.6 Å². The molecule has 2 saturated heterocycles. The fourth-order valence-electron chi connectivity index (χ4n) is 3.24. The molecule has 0 spiro atoms. The molecule has 92 valence electrons. The van der Waals surface area contributed by atoms with Crippen molar-refractivity contribution in [1.82, 2.24) is 10.2 Å². The van der Waals surface area contributed by atoms with Crippen molar-refractivity contribution in [3.8, 4) is 0 Å². The van der Waals surface area contributed by atoms with E-state index in [4.69, 9.17) is 0 Å². The molecule has 0 aromatic carbocycles. The second kappa shape index (κ2) is 4.74. The van der Waals surface area contributed by atoms with Crippen LogP contribution < -0.4 is 5.32 Å². The number of hydrogen-bond acceptors (Lipinski definition) is 2. The molecule has 0 radical (unpaired) electrons. The molecule has 2 heterocycles. The fraction of sp³-hybridized carbons (Fsp3) is 0.923. The molecule has 2 atom stereocenters. The first-order chi connectivity index (χ1) is 7.56. The Labute approximate surface area is 98.6 Å². The summed E-state index contributed by atoms with van der Waals surface area (Å²) < 4.78 is 0. The van der Waals surface area contributed by atoms with Crippen molar-refractivity contribution in [2.24, 2.45) is 11.8 Å². The van der Waals surface area contributed by atoms with E-state index in [2.05, 4.69) is 5.32 Å². The molecular formula is C13H24N2O. The highest BCUT2D eigenvalue weighted by Crippen LogP contribution is 2.31. The van der Waals surface area contributed by atoms with Gasteiger partial charge in [0.25, 0.3) is 0 Å². The highest BCUT2D eigenvalue weighted by molar-refractivity contribution is 5.77. The van der Waals surface area contributed by atoms with Gasteiger partial charge in [-0.2, -0.15) is 0 Å².